The van der Waals surface area contributed by atoms with Crippen molar-refractivity contribution in [2.75, 3.05) is 26.2 Å². The number of nitrogens with zero attached hydrogens (tertiary/aromatic N) is 2. The molecule has 1 fully saturated rings. The lowest BCUT2D eigenvalue weighted by Gasteiger charge is -2.37. The van der Waals surface area contributed by atoms with Crippen LogP contribution >= 0.6 is 0 Å². The van der Waals surface area contributed by atoms with Crippen molar-refractivity contribution >= 4 is 5.84 Å². The van der Waals surface area contributed by atoms with Crippen molar-refractivity contribution in [3.8, 4) is 0 Å². The lowest BCUT2D eigenvalue weighted by atomic mass is 9.97. The van der Waals surface area contributed by atoms with E-state index >= 15 is 0 Å². The van der Waals surface area contributed by atoms with Crippen LogP contribution in [0.5, 0.6) is 0 Å². The number of aliphatic hydroxyl groups excluding tert-OH is 1. The zero-order valence-corrected chi connectivity index (χ0v) is 12.2. The fraction of sp³-hybridized carbons (Fsp3) is 0.533. The summed E-state index contributed by atoms with van der Waals surface area (Å²) < 4.78 is 5.64. The molecule has 3 atom stereocenters. The monoisotopic (exact) mass is 293 g/mol. The average molecular weight is 293 g/mol. The van der Waals surface area contributed by atoms with Gasteiger partial charge in [0.15, 0.2) is 0 Å². The summed E-state index contributed by atoms with van der Waals surface area (Å²) in [6.45, 7) is 4.02. The molecule has 1 aromatic carbocycles. The Kier molecular flexibility index (Phi) is 5.55. The zero-order valence-electron chi connectivity index (χ0n) is 12.2. The second-order valence-electron chi connectivity index (χ2n) is 5.46. The molecular formula is C15H23N3O3. The Bertz CT molecular complexity index is 466. The predicted octanol–water partition coefficient (Wildman–Crippen LogP) is 0.598. The SMILES string of the molecule is CC1CN(CC(/C(N)=N/O)c2ccccc2)CC(CO)O1. The summed E-state index contributed by atoms with van der Waals surface area (Å²) in [6, 6.07) is 9.74. The van der Waals surface area contributed by atoms with Crippen molar-refractivity contribution in [1.29, 1.82) is 0 Å². The van der Waals surface area contributed by atoms with E-state index in [0.717, 1.165) is 12.1 Å². The first-order valence-electron chi connectivity index (χ1n) is 7.15. The van der Waals surface area contributed by atoms with Crippen LogP contribution in [0.2, 0.25) is 0 Å². The lowest BCUT2D eigenvalue weighted by molar-refractivity contribution is -0.0952. The molecular weight excluding hydrogens is 270 g/mol. The summed E-state index contributed by atoms with van der Waals surface area (Å²) in [7, 11) is 0. The van der Waals surface area contributed by atoms with E-state index in [-0.39, 0.29) is 30.6 Å². The summed E-state index contributed by atoms with van der Waals surface area (Å²) in [5, 5.41) is 21.5. The number of nitrogens with two attached hydrogens (primary N) is 1. The quantitative estimate of drug-likeness (QED) is 0.320. The molecule has 0 aromatic heterocycles. The maximum atomic E-state index is 9.29. The molecule has 116 valence electrons. The molecule has 3 unspecified atom stereocenters. The van der Waals surface area contributed by atoms with Gasteiger partial charge in [0, 0.05) is 19.6 Å². The number of amidine groups is 1. The molecule has 1 heterocycles. The van der Waals surface area contributed by atoms with Crippen molar-refractivity contribution in [3.05, 3.63) is 35.9 Å². The van der Waals surface area contributed by atoms with E-state index in [1.54, 1.807) is 0 Å². The van der Waals surface area contributed by atoms with E-state index in [9.17, 15) is 5.11 Å². The topological polar surface area (TPSA) is 91.3 Å². The Morgan fingerprint density at radius 3 is 2.76 bits per heavy atom. The van der Waals surface area contributed by atoms with Crippen molar-refractivity contribution in [1.82, 2.24) is 4.90 Å². The fourth-order valence-electron chi connectivity index (χ4n) is 2.77. The van der Waals surface area contributed by atoms with Gasteiger partial charge in [-0.1, -0.05) is 35.5 Å². The van der Waals surface area contributed by atoms with Gasteiger partial charge in [-0.15, -0.1) is 0 Å². The highest BCUT2D eigenvalue weighted by atomic mass is 16.5. The predicted molar refractivity (Wildman–Crippen MR) is 80.5 cm³/mol. The Labute approximate surface area is 124 Å². The molecule has 21 heavy (non-hydrogen) atoms. The minimum absolute atomic E-state index is 0.000412. The molecule has 6 heteroatoms. The first-order chi connectivity index (χ1) is 10.1. The maximum Gasteiger partial charge on any atom is 0.147 e. The van der Waals surface area contributed by atoms with Crippen LogP contribution in [0, 0.1) is 0 Å². The maximum absolute atomic E-state index is 9.29. The average Bonchev–Trinajstić information content (AvgIpc) is 2.52. The first-order valence-corrected chi connectivity index (χ1v) is 7.15. The van der Waals surface area contributed by atoms with Gasteiger partial charge in [-0.25, -0.2) is 0 Å². The highest BCUT2D eigenvalue weighted by molar-refractivity contribution is 5.87. The summed E-state index contributed by atoms with van der Waals surface area (Å²) >= 11 is 0. The van der Waals surface area contributed by atoms with Gasteiger partial charge in [0.2, 0.25) is 0 Å². The van der Waals surface area contributed by atoms with E-state index in [1.807, 2.05) is 37.3 Å². The van der Waals surface area contributed by atoms with E-state index in [1.165, 1.54) is 0 Å². The van der Waals surface area contributed by atoms with Crippen LogP contribution in [0.3, 0.4) is 0 Å². The number of aliphatic hydroxyl groups is 1. The largest absolute Gasteiger partial charge is 0.409 e. The standard InChI is InChI=1S/C15H23N3O3/c1-11-7-18(8-13(10-19)21-11)9-14(15(16)17-20)12-5-3-2-4-6-12/h2-6,11,13-14,19-20H,7-10H2,1H3,(H2,16,17). The smallest absolute Gasteiger partial charge is 0.147 e. The highest BCUT2D eigenvalue weighted by Gasteiger charge is 2.28. The Hall–Kier alpha value is -1.63. The van der Waals surface area contributed by atoms with Crippen LogP contribution in [0.1, 0.15) is 18.4 Å². The van der Waals surface area contributed by atoms with E-state index in [2.05, 4.69) is 10.1 Å². The van der Waals surface area contributed by atoms with Gasteiger partial charge >= 0.3 is 0 Å². The minimum Gasteiger partial charge on any atom is -0.409 e. The number of hydrogen-bond donors (Lipinski definition) is 3. The zero-order chi connectivity index (χ0) is 15.2. The number of ether oxygens (including phenoxy) is 1. The Balaban J connectivity index is 2.12. The minimum atomic E-state index is -0.183. The number of morpholine rings is 1. The van der Waals surface area contributed by atoms with Gasteiger partial charge in [0.05, 0.1) is 24.7 Å². The third kappa shape index (κ3) is 4.17. The van der Waals surface area contributed by atoms with Crippen LogP contribution in [0.4, 0.5) is 0 Å². The molecule has 1 saturated heterocycles. The van der Waals surface area contributed by atoms with E-state index in [0.29, 0.717) is 13.1 Å². The number of hydrogen-bond acceptors (Lipinski definition) is 5. The first kappa shape index (κ1) is 15.8. The Morgan fingerprint density at radius 1 is 1.43 bits per heavy atom. The van der Waals surface area contributed by atoms with Crippen LogP contribution in [-0.4, -0.2) is 59.5 Å². The van der Waals surface area contributed by atoms with Crippen LogP contribution in [-0.2, 0) is 4.74 Å². The van der Waals surface area contributed by atoms with Crippen LogP contribution in [0.15, 0.2) is 35.5 Å². The van der Waals surface area contributed by atoms with Crippen molar-refractivity contribution in [2.45, 2.75) is 25.0 Å². The van der Waals surface area contributed by atoms with E-state index in [4.69, 9.17) is 15.7 Å². The molecule has 0 amide bonds. The summed E-state index contributed by atoms with van der Waals surface area (Å²) in [6.07, 6.45) is -0.128. The summed E-state index contributed by atoms with van der Waals surface area (Å²) in [5.74, 6) is 0.0155. The van der Waals surface area contributed by atoms with Gasteiger partial charge in [-0.05, 0) is 12.5 Å². The van der Waals surface area contributed by atoms with Crippen LogP contribution < -0.4 is 5.73 Å². The third-order valence-electron chi connectivity index (χ3n) is 3.72. The molecule has 4 N–H and O–H groups in total. The van der Waals surface area contributed by atoms with Crippen molar-refractivity contribution in [2.24, 2.45) is 10.9 Å². The fourth-order valence-corrected chi connectivity index (χ4v) is 2.77. The molecule has 0 spiro atoms. The molecule has 2 rings (SSSR count). The molecule has 0 aliphatic carbocycles. The van der Waals surface area contributed by atoms with Crippen molar-refractivity contribution in [3.63, 3.8) is 0 Å². The molecule has 0 radical (unpaired) electrons. The molecule has 0 bridgehead atoms. The number of oxime groups is 1. The molecule has 1 aliphatic rings. The van der Waals surface area contributed by atoms with Crippen molar-refractivity contribution < 1.29 is 15.1 Å². The van der Waals surface area contributed by atoms with Gasteiger partial charge in [0.1, 0.15) is 5.84 Å². The number of rotatable bonds is 5. The van der Waals surface area contributed by atoms with Gasteiger partial charge in [0.25, 0.3) is 0 Å². The van der Waals surface area contributed by atoms with Gasteiger partial charge in [-0.2, -0.15) is 0 Å². The second kappa shape index (κ2) is 7.40. The summed E-state index contributed by atoms with van der Waals surface area (Å²) in [4.78, 5) is 2.19. The molecule has 1 aliphatic heterocycles. The second-order valence-corrected chi connectivity index (χ2v) is 5.46. The number of benzene rings is 1. The lowest BCUT2D eigenvalue weighted by Crippen LogP contribution is -2.50. The van der Waals surface area contributed by atoms with E-state index < -0.39 is 0 Å². The Morgan fingerprint density at radius 2 is 2.14 bits per heavy atom. The summed E-state index contributed by atoms with van der Waals surface area (Å²) in [5.41, 5.74) is 6.87. The highest BCUT2D eigenvalue weighted by Crippen LogP contribution is 2.20. The normalized spacial score (nSPS) is 25.7. The molecule has 0 saturated carbocycles. The van der Waals surface area contributed by atoms with Gasteiger partial charge in [-0.3, -0.25) is 4.90 Å². The van der Waals surface area contributed by atoms with Gasteiger partial charge < -0.3 is 20.8 Å². The third-order valence-corrected chi connectivity index (χ3v) is 3.72. The molecule has 1 aromatic rings. The molecule has 6 nitrogen and oxygen atoms in total. The van der Waals surface area contributed by atoms with Crippen LogP contribution in [0.25, 0.3) is 0 Å².